The second-order valence-corrected chi connectivity index (χ2v) is 6.58. The third kappa shape index (κ3) is 2.40. The molecule has 1 unspecified atom stereocenters. The van der Waals surface area contributed by atoms with Crippen molar-refractivity contribution < 1.29 is 4.74 Å². The van der Waals surface area contributed by atoms with Crippen LogP contribution in [0.15, 0.2) is 36.5 Å². The second-order valence-electron chi connectivity index (χ2n) is 6.58. The molecule has 3 nitrogen and oxygen atoms in total. The number of pyridine rings is 1. The van der Waals surface area contributed by atoms with E-state index >= 15 is 0 Å². The first-order valence-corrected chi connectivity index (χ1v) is 8.17. The summed E-state index contributed by atoms with van der Waals surface area (Å²) in [6.07, 6.45) is 4.27. The van der Waals surface area contributed by atoms with E-state index in [2.05, 4.69) is 48.0 Å². The third-order valence-corrected chi connectivity index (χ3v) is 4.70. The lowest BCUT2D eigenvalue weighted by atomic mass is 9.86. The predicted octanol–water partition coefficient (Wildman–Crippen LogP) is 3.52. The first kappa shape index (κ1) is 13.8. The summed E-state index contributed by atoms with van der Waals surface area (Å²) < 4.78 is 5.85. The molecule has 2 aliphatic rings. The Morgan fingerprint density at radius 1 is 1.23 bits per heavy atom. The molecule has 2 aliphatic heterocycles. The highest BCUT2D eigenvalue weighted by Crippen LogP contribution is 2.38. The van der Waals surface area contributed by atoms with Crippen LogP contribution < -0.4 is 4.74 Å². The molecule has 0 N–H and O–H groups in total. The van der Waals surface area contributed by atoms with E-state index < -0.39 is 0 Å². The van der Waals surface area contributed by atoms with Gasteiger partial charge < -0.3 is 4.74 Å². The molecule has 3 heterocycles. The van der Waals surface area contributed by atoms with Crippen LogP contribution in [-0.2, 0) is 19.4 Å². The Morgan fingerprint density at radius 2 is 2.14 bits per heavy atom. The highest BCUT2D eigenvalue weighted by atomic mass is 16.5. The number of rotatable bonds is 2. The van der Waals surface area contributed by atoms with Gasteiger partial charge in [-0.25, -0.2) is 0 Å². The van der Waals surface area contributed by atoms with Crippen LogP contribution in [0.5, 0.6) is 5.75 Å². The first-order valence-electron chi connectivity index (χ1n) is 8.17. The first-order chi connectivity index (χ1) is 10.7. The van der Waals surface area contributed by atoms with Crippen LogP contribution in [0, 0.1) is 0 Å². The predicted molar refractivity (Wildman–Crippen MR) is 87.0 cm³/mol. The van der Waals surface area contributed by atoms with Crippen molar-refractivity contribution in [2.45, 2.75) is 45.4 Å². The molecule has 114 valence electrons. The molecule has 3 heteroatoms. The van der Waals surface area contributed by atoms with Gasteiger partial charge in [0.25, 0.3) is 0 Å². The van der Waals surface area contributed by atoms with Crippen LogP contribution in [0.25, 0.3) is 0 Å². The molecular weight excluding hydrogens is 272 g/mol. The van der Waals surface area contributed by atoms with Crippen molar-refractivity contribution in [1.82, 2.24) is 9.88 Å². The minimum atomic E-state index is 0.226. The fourth-order valence-corrected chi connectivity index (χ4v) is 3.72. The maximum atomic E-state index is 5.85. The van der Waals surface area contributed by atoms with Gasteiger partial charge in [-0.05, 0) is 55.2 Å². The van der Waals surface area contributed by atoms with Gasteiger partial charge in [0.1, 0.15) is 5.75 Å². The highest BCUT2D eigenvalue weighted by molar-refractivity contribution is 5.41. The molecule has 0 saturated heterocycles. The van der Waals surface area contributed by atoms with E-state index in [0.29, 0.717) is 6.04 Å². The minimum absolute atomic E-state index is 0.226. The third-order valence-electron chi connectivity index (χ3n) is 4.70. The van der Waals surface area contributed by atoms with Gasteiger partial charge in [0, 0.05) is 37.4 Å². The summed E-state index contributed by atoms with van der Waals surface area (Å²) in [4.78, 5) is 7.18. The zero-order valence-corrected chi connectivity index (χ0v) is 13.2. The Balaban J connectivity index is 1.67. The number of hydrogen-bond donors (Lipinski definition) is 0. The molecule has 0 amide bonds. The van der Waals surface area contributed by atoms with Crippen LogP contribution in [-0.4, -0.2) is 22.5 Å². The normalized spacial score (nSPS) is 20.2. The molecule has 0 spiro atoms. The molecule has 1 aromatic carbocycles. The number of ether oxygens (including phenoxy) is 1. The summed E-state index contributed by atoms with van der Waals surface area (Å²) >= 11 is 0. The van der Waals surface area contributed by atoms with Crippen molar-refractivity contribution in [3.8, 4) is 5.75 Å². The number of aromatic nitrogens is 1. The number of hydrogen-bond acceptors (Lipinski definition) is 3. The molecule has 0 aliphatic carbocycles. The van der Waals surface area contributed by atoms with Crippen LogP contribution in [0.4, 0.5) is 0 Å². The van der Waals surface area contributed by atoms with E-state index in [1.807, 2.05) is 12.3 Å². The van der Waals surface area contributed by atoms with E-state index in [4.69, 9.17) is 4.74 Å². The topological polar surface area (TPSA) is 25.4 Å². The zero-order chi connectivity index (χ0) is 15.1. The van der Waals surface area contributed by atoms with E-state index in [-0.39, 0.29) is 6.10 Å². The Bertz CT molecular complexity index is 696. The highest BCUT2D eigenvalue weighted by Gasteiger charge is 2.32. The van der Waals surface area contributed by atoms with E-state index in [1.54, 1.807) is 0 Å². The SMILES string of the molecule is CC(C)Oc1ccc2c(c1)CCN1Cc3cccnc3CC21. The standard InChI is InChI=1S/C19H22N2O/c1-13(2)22-16-5-6-17-14(10-16)7-9-21-12-15-4-3-8-20-18(15)11-19(17)21/h3-6,8,10,13,19H,7,9,11-12H2,1-2H3. The molecule has 1 aromatic heterocycles. The van der Waals surface area contributed by atoms with Crippen LogP contribution in [0.1, 0.15) is 42.3 Å². The van der Waals surface area contributed by atoms with Crippen LogP contribution >= 0.6 is 0 Å². The lowest BCUT2D eigenvalue weighted by Gasteiger charge is -2.41. The lowest BCUT2D eigenvalue weighted by molar-refractivity contribution is 0.158. The molecule has 0 bridgehead atoms. The Labute approximate surface area is 131 Å². The average molecular weight is 294 g/mol. The van der Waals surface area contributed by atoms with Gasteiger partial charge >= 0.3 is 0 Å². The number of fused-ring (bicyclic) bond motifs is 4. The average Bonchev–Trinajstić information content (AvgIpc) is 2.52. The van der Waals surface area contributed by atoms with E-state index in [1.165, 1.54) is 22.4 Å². The van der Waals surface area contributed by atoms with Gasteiger partial charge in [0.05, 0.1) is 6.10 Å². The Kier molecular flexibility index (Phi) is 3.38. The summed E-state index contributed by atoms with van der Waals surface area (Å²) in [7, 11) is 0. The molecule has 4 rings (SSSR count). The van der Waals surface area contributed by atoms with Gasteiger partial charge in [0.15, 0.2) is 0 Å². The zero-order valence-electron chi connectivity index (χ0n) is 13.2. The molecule has 2 aromatic rings. The summed E-state index contributed by atoms with van der Waals surface area (Å²) in [5, 5.41) is 0. The van der Waals surface area contributed by atoms with Crippen molar-refractivity contribution in [1.29, 1.82) is 0 Å². The van der Waals surface area contributed by atoms with Gasteiger partial charge in [-0.1, -0.05) is 12.1 Å². The number of nitrogens with zero attached hydrogens (tertiary/aromatic N) is 2. The molecule has 0 radical (unpaired) electrons. The summed E-state index contributed by atoms with van der Waals surface area (Å²) in [6.45, 7) is 6.30. The summed E-state index contributed by atoms with van der Waals surface area (Å²) in [5.74, 6) is 0.997. The maximum absolute atomic E-state index is 5.85. The van der Waals surface area contributed by atoms with Gasteiger partial charge in [-0.15, -0.1) is 0 Å². The monoisotopic (exact) mass is 294 g/mol. The maximum Gasteiger partial charge on any atom is 0.119 e. The van der Waals surface area contributed by atoms with E-state index in [9.17, 15) is 0 Å². The Morgan fingerprint density at radius 3 is 3.00 bits per heavy atom. The Hall–Kier alpha value is -1.87. The van der Waals surface area contributed by atoms with Gasteiger partial charge in [-0.2, -0.15) is 0 Å². The van der Waals surface area contributed by atoms with Crippen LogP contribution in [0.3, 0.4) is 0 Å². The lowest BCUT2D eigenvalue weighted by Crippen LogP contribution is -2.39. The van der Waals surface area contributed by atoms with Crippen molar-refractivity contribution in [3.63, 3.8) is 0 Å². The van der Waals surface area contributed by atoms with Gasteiger partial charge in [0.2, 0.25) is 0 Å². The largest absolute Gasteiger partial charge is 0.491 e. The molecule has 22 heavy (non-hydrogen) atoms. The van der Waals surface area contributed by atoms with Crippen LogP contribution in [0.2, 0.25) is 0 Å². The molecule has 0 fully saturated rings. The number of benzene rings is 1. The van der Waals surface area contributed by atoms with Gasteiger partial charge in [-0.3, -0.25) is 9.88 Å². The molecule has 1 atom stereocenters. The van der Waals surface area contributed by atoms with Crippen molar-refractivity contribution in [3.05, 3.63) is 58.9 Å². The van der Waals surface area contributed by atoms with E-state index in [0.717, 1.165) is 31.7 Å². The molecular formula is C19H22N2O. The smallest absolute Gasteiger partial charge is 0.119 e. The fraction of sp³-hybridized carbons (Fsp3) is 0.421. The molecule has 0 saturated carbocycles. The minimum Gasteiger partial charge on any atom is -0.491 e. The van der Waals surface area contributed by atoms with Crippen molar-refractivity contribution in [2.75, 3.05) is 6.54 Å². The quantitative estimate of drug-likeness (QED) is 0.847. The van der Waals surface area contributed by atoms with Crippen molar-refractivity contribution >= 4 is 0 Å². The fourth-order valence-electron chi connectivity index (χ4n) is 3.72. The summed E-state index contributed by atoms with van der Waals surface area (Å²) in [6, 6.07) is 11.4. The summed E-state index contributed by atoms with van der Waals surface area (Å²) in [5.41, 5.74) is 5.55. The van der Waals surface area contributed by atoms with Crippen molar-refractivity contribution in [2.24, 2.45) is 0 Å². The second kappa shape index (κ2) is 5.40.